The van der Waals surface area contributed by atoms with Gasteiger partial charge in [-0.15, -0.1) is 0 Å². The largest absolute Gasteiger partial charge is 2.00 e. The Morgan fingerprint density at radius 1 is 0.368 bits per heavy atom. The summed E-state index contributed by atoms with van der Waals surface area (Å²) in [5.74, 6) is 0. The van der Waals surface area contributed by atoms with Crippen LogP contribution in [0.5, 0.6) is 0 Å². The average molecular weight is 368 g/mol. The molecule has 0 aromatic carbocycles. The summed E-state index contributed by atoms with van der Waals surface area (Å²) in [4.78, 5) is 0. The third-order valence-corrected chi connectivity index (χ3v) is 0.507. The standard InChI is InChI=1S/2C2F6N.Cu/c2*3-1(4,5)9-2(6,7)8;/q2*-1;+2. The maximum Gasteiger partial charge on any atom is 2.00 e. The Kier molecular flexibility index (Phi) is 9.22. The van der Waals surface area contributed by atoms with Crippen molar-refractivity contribution < 1.29 is 69.8 Å². The average Bonchev–Trinajstić information content (AvgIpc) is 1.64. The number of nitrogens with zero attached hydrogens (tertiary/aromatic N) is 2. The summed E-state index contributed by atoms with van der Waals surface area (Å²) >= 11 is 0. The second-order valence-corrected chi connectivity index (χ2v) is 2.09. The summed E-state index contributed by atoms with van der Waals surface area (Å²) in [6, 6.07) is 0. The van der Waals surface area contributed by atoms with Crippen molar-refractivity contribution >= 4 is 0 Å². The van der Waals surface area contributed by atoms with Crippen LogP contribution >= 0.6 is 0 Å². The van der Waals surface area contributed by atoms with Gasteiger partial charge in [-0.05, 0) is 0 Å². The molecule has 0 aliphatic heterocycles. The van der Waals surface area contributed by atoms with Crippen molar-refractivity contribution in [1.29, 1.82) is 0 Å². The smallest absolute Gasteiger partial charge is 0.478 e. The molecule has 1 radical (unpaired) electrons. The molecular formula is C4CuF12N2. The Morgan fingerprint density at radius 2 is 0.474 bits per heavy atom. The van der Waals surface area contributed by atoms with Gasteiger partial charge >= 0.3 is 42.3 Å². The maximum absolute atomic E-state index is 10.7. The zero-order valence-corrected chi connectivity index (χ0v) is 8.67. The van der Waals surface area contributed by atoms with Crippen molar-refractivity contribution in [2.45, 2.75) is 25.2 Å². The van der Waals surface area contributed by atoms with Crippen LogP contribution in [0.25, 0.3) is 10.6 Å². The van der Waals surface area contributed by atoms with Crippen LogP contribution in [-0.4, -0.2) is 25.2 Å². The van der Waals surface area contributed by atoms with E-state index in [9.17, 15) is 52.7 Å². The van der Waals surface area contributed by atoms with E-state index < -0.39 is 25.2 Å². The van der Waals surface area contributed by atoms with Crippen molar-refractivity contribution in [2.24, 2.45) is 0 Å². The fourth-order valence-corrected chi connectivity index (χ4v) is 0.287. The van der Waals surface area contributed by atoms with Crippen molar-refractivity contribution in [2.75, 3.05) is 0 Å². The third kappa shape index (κ3) is 31.8. The van der Waals surface area contributed by atoms with Gasteiger partial charge in [0.25, 0.3) is 0 Å². The number of halogens is 12. The van der Waals surface area contributed by atoms with Gasteiger partial charge in [0.05, 0.1) is 0 Å². The molecule has 2 nitrogen and oxygen atoms in total. The topological polar surface area (TPSA) is 28.2 Å². The first-order valence-corrected chi connectivity index (χ1v) is 3.16. The van der Waals surface area contributed by atoms with Gasteiger partial charge in [-0.2, -0.15) is 52.7 Å². The molecule has 0 bridgehead atoms. The summed E-state index contributed by atoms with van der Waals surface area (Å²) in [6.07, 6.45) is -22.1. The van der Waals surface area contributed by atoms with Gasteiger partial charge in [-0.25, -0.2) is 0 Å². The molecule has 0 aliphatic carbocycles. The van der Waals surface area contributed by atoms with Crippen LogP contribution in [-0.2, 0) is 17.1 Å². The van der Waals surface area contributed by atoms with Crippen LogP contribution in [0.3, 0.4) is 0 Å². The van der Waals surface area contributed by atoms with Gasteiger partial charge < -0.3 is 10.6 Å². The summed E-state index contributed by atoms with van der Waals surface area (Å²) in [7, 11) is 0. The second kappa shape index (κ2) is 7.40. The maximum atomic E-state index is 10.7. The molecule has 0 amide bonds. The number of hydrogen-bond acceptors (Lipinski definition) is 0. The first-order valence-electron chi connectivity index (χ1n) is 3.16. The Hall–Kier alpha value is -0.401. The van der Waals surface area contributed by atoms with E-state index in [4.69, 9.17) is 0 Å². The van der Waals surface area contributed by atoms with E-state index in [-0.39, 0.29) is 17.1 Å². The van der Waals surface area contributed by atoms with Gasteiger partial charge in [-0.3, -0.25) is 0 Å². The summed E-state index contributed by atoms with van der Waals surface area (Å²) in [5, 5.41) is 1.08. The van der Waals surface area contributed by atoms with E-state index in [0.29, 0.717) is 10.6 Å². The van der Waals surface area contributed by atoms with Crippen LogP contribution in [0.15, 0.2) is 0 Å². The van der Waals surface area contributed by atoms with E-state index in [2.05, 4.69) is 0 Å². The fourth-order valence-electron chi connectivity index (χ4n) is 0.287. The summed E-state index contributed by atoms with van der Waals surface area (Å²) < 4.78 is 128. The van der Waals surface area contributed by atoms with Gasteiger partial charge in [0.1, 0.15) is 0 Å². The molecule has 0 heterocycles. The minimum absolute atomic E-state index is 0. The van der Waals surface area contributed by atoms with Crippen LogP contribution in [0.4, 0.5) is 52.7 Å². The Labute approximate surface area is 107 Å². The van der Waals surface area contributed by atoms with E-state index in [0.717, 1.165) is 0 Å². The minimum Gasteiger partial charge on any atom is -0.478 e. The van der Waals surface area contributed by atoms with Gasteiger partial charge in [-0.1, -0.05) is 0 Å². The molecule has 0 atom stereocenters. The predicted octanol–water partition coefficient (Wildman–Crippen LogP) is 4.80. The minimum atomic E-state index is -5.52. The van der Waals surface area contributed by atoms with Crippen molar-refractivity contribution in [3.63, 3.8) is 0 Å². The summed E-state index contributed by atoms with van der Waals surface area (Å²) in [6.45, 7) is 0. The quantitative estimate of drug-likeness (QED) is 0.334. The van der Waals surface area contributed by atoms with Crippen LogP contribution in [0, 0.1) is 0 Å². The Bertz CT molecular complexity index is 184. The first kappa shape index (κ1) is 23.7. The monoisotopic (exact) mass is 367 g/mol. The molecule has 0 fully saturated rings. The zero-order chi connectivity index (χ0) is 15.4. The van der Waals surface area contributed by atoms with E-state index in [1.807, 2.05) is 0 Å². The zero-order valence-electron chi connectivity index (χ0n) is 7.73. The molecule has 0 saturated carbocycles. The first-order chi connectivity index (χ1) is 7.41. The molecule has 15 heteroatoms. The molecule has 0 unspecified atom stereocenters. The SMILES string of the molecule is FC(F)(F)[N-]C(F)(F)F.FC(F)(F)[N-]C(F)(F)F.[Cu+2]. The summed E-state index contributed by atoms with van der Waals surface area (Å²) in [5.41, 5.74) is 0. The Balaban J connectivity index is -0.000000256. The van der Waals surface area contributed by atoms with E-state index in [1.165, 1.54) is 0 Å². The van der Waals surface area contributed by atoms with Crippen molar-refractivity contribution in [3.8, 4) is 0 Å². The van der Waals surface area contributed by atoms with Gasteiger partial charge in [0.15, 0.2) is 0 Å². The van der Waals surface area contributed by atoms with Crippen molar-refractivity contribution in [1.82, 2.24) is 0 Å². The van der Waals surface area contributed by atoms with Gasteiger partial charge in [0.2, 0.25) is 0 Å². The van der Waals surface area contributed by atoms with E-state index in [1.54, 1.807) is 0 Å². The van der Waals surface area contributed by atoms with Gasteiger partial charge in [0, 0.05) is 0 Å². The molecule has 0 aromatic heterocycles. The molecular weight excluding hydrogens is 368 g/mol. The number of rotatable bonds is 0. The van der Waals surface area contributed by atoms with Crippen molar-refractivity contribution in [3.05, 3.63) is 10.6 Å². The van der Waals surface area contributed by atoms with Crippen LogP contribution in [0.1, 0.15) is 0 Å². The van der Waals surface area contributed by atoms with Crippen LogP contribution in [0.2, 0.25) is 0 Å². The molecule has 0 aromatic rings. The molecule has 121 valence electrons. The molecule has 0 N–H and O–H groups in total. The fraction of sp³-hybridized carbons (Fsp3) is 1.00. The molecule has 0 spiro atoms. The molecule has 0 aliphatic rings. The van der Waals surface area contributed by atoms with E-state index >= 15 is 0 Å². The number of hydrogen-bond donors (Lipinski definition) is 0. The molecule has 0 saturated heterocycles. The molecule has 19 heavy (non-hydrogen) atoms. The van der Waals surface area contributed by atoms with Crippen LogP contribution < -0.4 is 0 Å². The third-order valence-electron chi connectivity index (χ3n) is 0.507. The number of alkyl halides is 12. The normalized spacial score (nSPS) is 13.3. The predicted molar refractivity (Wildman–Crippen MR) is 30.9 cm³/mol. The molecule has 0 rings (SSSR count). The second-order valence-electron chi connectivity index (χ2n) is 2.09. The Morgan fingerprint density at radius 3 is 0.474 bits per heavy atom.